The molecule has 6 nitrogen and oxygen atoms in total. The molecule has 0 spiro atoms. The molecule has 0 unspecified atom stereocenters. The number of aliphatic hydroxyl groups excluding tert-OH is 1. The van der Waals surface area contributed by atoms with Crippen LogP contribution in [-0.4, -0.2) is 33.5 Å². The summed E-state index contributed by atoms with van der Waals surface area (Å²) in [6, 6.07) is 0. The Balaban J connectivity index is 2.35. The quantitative estimate of drug-likeness (QED) is 0.747. The van der Waals surface area contributed by atoms with Crippen LogP contribution < -0.4 is 11.4 Å². The second-order valence-electron chi connectivity index (χ2n) is 4.08. The summed E-state index contributed by atoms with van der Waals surface area (Å²) < 4.78 is 20.0. The number of aliphatic hydroxyl groups is 1. The van der Waals surface area contributed by atoms with Crippen LogP contribution in [0.1, 0.15) is 18.2 Å². The monoisotopic (exact) mass is 243 g/mol. The highest BCUT2D eigenvalue weighted by Gasteiger charge is 2.37. The van der Waals surface area contributed by atoms with E-state index in [2.05, 4.69) is 4.98 Å². The van der Waals surface area contributed by atoms with Gasteiger partial charge in [0.1, 0.15) is 12.0 Å². The predicted molar refractivity (Wildman–Crippen MR) is 58.2 cm³/mol. The molecule has 1 aliphatic rings. The maximum Gasteiger partial charge on any atom is 0.351 e. The first-order chi connectivity index (χ1) is 8.02. The third-order valence-electron chi connectivity index (χ3n) is 2.78. The van der Waals surface area contributed by atoms with Gasteiger partial charge in [0.2, 0.25) is 0 Å². The lowest BCUT2D eigenvalue weighted by atomic mass is 10.2. The van der Waals surface area contributed by atoms with Crippen LogP contribution >= 0.6 is 0 Å². The van der Waals surface area contributed by atoms with Crippen LogP contribution in [0.4, 0.5) is 10.2 Å². The smallest absolute Gasteiger partial charge is 0.351 e. The third kappa shape index (κ3) is 2.16. The van der Waals surface area contributed by atoms with E-state index in [1.54, 1.807) is 6.92 Å². The van der Waals surface area contributed by atoms with E-state index in [0.717, 1.165) is 4.57 Å². The summed E-state index contributed by atoms with van der Waals surface area (Å²) >= 11 is 0. The van der Waals surface area contributed by atoms with Crippen LogP contribution in [0.2, 0.25) is 0 Å². The number of nitrogens with zero attached hydrogens (tertiary/aromatic N) is 2. The Hall–Kier alpha value is -1.47. The molecule has 17 heavy (non-hydrogen) atoms. The topological polar surface area (TPSA) is 90.4 Å². The van der Waals surface area contributed by atoms with Gasteiger partial charge in [0.05, 0.1) is 12.7 Å². The number of anilines is 1. The molecular weight excluding hydrogens is 229 g/mol. The molecule has 1 fully saturated rings. The molecule has 1 saturated heterocycles. The predicted octanol–water partition coefficient (Wildman–Crippen LogP) is -0.248. The van der Waals surface area contributed by atoms with E-state index in [1.165, 1.54) is 6.20 Å². The zero-order valence-electron chi connectivity index (χ0n) is 9.34. The summed E-state index contributed by atoms with van der Waals surface area (Å²) in [5, 5.41) is 8.90. The Bertz CT molecular complexity index is 476. The van der Waals surface area contributed by atoms with E-state index in [4.69, 9.17) is 15.6 Å². The molecular formula is C10H14FN3O3. The van der Waals surface area contributed by atoms with Gasteiger partial charge in [0.15, 0.2) is 6.23 Å². The number of rotatable bonds is 2. The molecule has 0 bridgehead atoms. The van der Waals surface area contributed by atoms with Crippen molar-refractivity contribution < 1.29 is 14.2 Å². The maximum absolute atomic E-state index is 13.7. The average molecular weight is 243 g/mol. The molecule has 0 aliphatic carbocycles. The van der Waals surface area contributed by atoms with Crippen molar-refractivity contribution in [2.75, 3.05) is 12.3 Å². The lowest BCUT2D eigenvalue weighted by molar-refractivity contribution is -0.0394. The number of halogens is 1. The molecule has 1 aromatic heterocycles. The van der Waals surface area contributed by atoms with E-state index < -0.39 is 24.2 Å². The summed E-state index contributed by atoms with van der Waals surface area (Å²) in [7, 11) is 0. The van der Waals surface area contributed by atoms with Gasteiger partial charge in [0.25, 0.3) is 0 Å². The third-order valence-corrected chi connectivity index (χ3v) is 2.78. The zero-order valence-corrected chi connectivity index (χ0v) is 9.34. The minimum atomic E-state index is -1.34. The van der Waals surface area contributed by atoms with Gasteiger partial charge in [-0.15, -0.1) is 0 Å². The highest BCUT2D eigenvalue weighted by Crippen LogP contribution is 2.30. The fraction of sp³-hybridized carbons (Fsp3) is 0.600. The first-order valence-corrected chi connectivity index (χ1v) is 5.28. The van der Waals surface area contributed by atoms with Crippen molar-refractivity contribution in [2.24, 2.45) is 0 Å². The SMILES string of the molecule is Cc1cn([C@H]2O[C@@H](CO)C[C@H]2F)c(=O)nc1N. The number of nitrogens with two attached hydrogens (primary N) is 1. The number of alkyl halides is 1. The van der Waals surface area contributed by atoms with Crippen LogP contribution in [-0.2, 0) is 4.74 Å². The van der Waals surface area contributed by atoms with E-state index in [1.807, 2.05) is 0 Å². The van der Waals surface area contributed by atoms with Crippen molar-refractivity contribution >= 4 is 5.82 Å². The number of nitrogen functional groups attached to an aromatic ring is 1. The highest BCUT2D eigenvalue weighted by atomic mass is 19.1. The van der Waals surface area contributed by atoms with Crippen LogP contribution in [0.3, 0.4) is 0 Å². The number of aryl methyl sites for hydroxylation is 1. The molecule has 3 atom stereocenters. The van der Waals surface area contributed by atoms with Crippen LogP contribution in [0.15, 0.2) is 11.0 Å². The Morgan fingerprint density at radius 2 is 2.47 bits per heavy atom. The molecule has 2 heterocycles. The molecule has 0 aromatic carbocycles. The summed E-state index contributed by atoms with van der Waals surface area (Å²) in [6.07, 6.45) is -1.47. The standard InChI is InChI=1S/C10H14FN3O3/c1-5-3-14(10(16)13-8(5)12)9-7(11)2-6(4-15)17-9/h3,6-7,9,15H,2,4H2,1H3,(H2,12,13,16)/t6-,7-,9+/m1/s1. The summed E-state index contributed by atoms with van der Waals surface area (Å²) in [5.41, 5.74) is 5.40. The lowest BCUT2D eigenvalue weighted by Crippen LogP contribution is -2.31. The number of hydrogen-bond donors (Lipinski definition) is 2. The molecule has 0 amide bonds. The first kappa shape index (κ1) is 12.0. The van der Waals surface area contributed by atoms with Gasteiger partial charge >= 0.3 is 5.69 Å². The first-order valence-electron chi connectivity index (χ1n) is 5.28. The van der Waals surface area contributed by atoms with Crippen molar-refractivity contribution in [1.82, 2.24) is 9.55 Å². The van der Waals surface area contributed by atoms with E-state index >= 15 is 0 Å². The highest BCUT2D eigenvalue weighted by molar-refractivity contribution is 5.35. The minimum Gasteiger partial charge on any atom is -0.394 e. The fourth-order valence-electron chi connectivity index (χ4n) is 1.82. The summed E-state index contributed by atoms with van der Waals surface area (Å²) in [6.45, 7) is 1.40. The molecule has 3 N–H and O–H groups in total. The fourth-order valence-corrected chi connectivity index (χ4v) is 1.82. The molecule has 2 rings (SSSR count). The van der Waals surface area contributed by atoms with E-state index in [-0.39, 0.29) is 18.8 Å². The van der Waals surface area contributed by atoms with Crippen LogP contribution in [0.5, 0.6) is 0 Å². The Kier molecular flexibility index (Phi) is 3.12. The van der Waals surface area contributed by atoms with Gasteiger partial charge in [-0.1, -0.05) is 0 Å². The maximum atomic E-state index is 13.7. The normalized spacial score (nSPS) is 28.5. The van der Waals surface area contributed by atoms with Gasteiger partial charge in [-0.3, -0.25) is 4.57 Å². The second-order valence-corrected chi connectivity index (χ2v) is 4.08. The van der Waals surface area contributed by atoms with Gasteiger partial charge in [-0.25, -0.2) is 9.18 Å². The Morgan fingerprint density at radius 1 is 1.76 bits per heavy atom. The van der Waals surface area contributed by atoms with Crippen molar-refractivity contribution in [1.29, 1.82) is 0 Å². The summed E-state index contributed by atoms with van der Waals surface area (Å²) in [4.78, 5) is 15.2. The molecule has 1 aliphatic heterocycles. The molecule has 7 heteroatoms. The van der Waals surface area contributed by atoms with Gasteiger partial charge in [-0.2, -0.15) is 4.98 Å². The van der Waals surface area contributed by atoms with Crippen LogP contribution in [0.25, 0.3) is 0 Å². The van der Waals surface area contributed by atoms with Crippen molar-refractivity contribution in [3.05, 3.63) is 22.2 Å². The van der Waals surface area contributed by atoms with E-state index in [0.29, 0.717) is 5.56 Å². The Morgan fingerprint density at radius 3 is 3.06 bits per heavy atom. The minimum absolute atomic E-state index is 0.0665. The number of ether oxygens (including phenoxy) is 1. The van der Waals surface area contributed by atoms with Crippen molar-refractivity contribution in [3.8, 4) is 0 Å². The van der Waals surface area contributed by atoms with Gasteiger partial charge < -0.3 is 15.6 Å². The molecule has 1 aromatic rings. The van der Waals surface area contributed by atoms with Gasteiger partial charge in [0, 0.05) is 18.2 Å². The zero-order chi connectivity index (χ0) is 12.6. The molecule has 0 radical (unpaired) electrons. The average Bonchev–Trinajstić information content (AvgIpc) is 2.65. The van der Waals surface area contributed by atoms with Crippen molar-refractivity contribution in [2.45, 2.75) is 31.8 Å². The van der Waals surface area contributed by atoms with Crippen molar-refractivity contribution in [3.63, 3.8) is 0 Å². The largest absolute Gasteiger partial charge is 0.394 e. The summed E-state index contributed by atoms with van der Waals surface area (Å²) in [5.74, 6) is 0.123. The Labute approximate surface area is 96.8 Å². The number of aromatic nitrogens is 2. The second kappa shape index (κ2) is 4.42. The molecule has 0 saturated carbocycles. The molecule has 94 valence electrons. The number of hydrogen-bond acceptors (Lipinski definition) is 5. The van der Waals surface area contributed by atoms with Crippen LogP contribution in [0, 0.1) is 6.92 Å². The van der Waals surface area contributed by atoms with Gasteiger partial charge in [-0.05, 0) is 6.92 Å². The van der Waals surface area contributed by atoms with E-state index in [9.17, 15) is 9.18 Å². The lowest BCUT2D eigenvalue weighted by Gasteiger charge is -2.16.